The first-order valence-electron chi connectivity index (χ1n) is 4.59. The summed E-state index contributed by atoms with van der Waals surface area (Å²) in [6.07, 6.45) is -0.489. The molecule has 0 unspecified atom stereocenters. The van der Waals surface area contributed by atoms with Crippen molar-refractivity contribution < 1.29 is 13.5 Å². The van der Waals surface area contributed by atoms with E-state index in [0.717, 1.165) is 6.26 Å². The molecule has 3 nitrogen and oxygen atoms in total. The molecular weight excluding hydrogens is 307 g/mol. The highest BCUT2D eigenvalue weighted by molar-refractivity contribution is 7.93. The first-order chi connectivity index (χ1) is 7.57. The van der Waals surface area contributed by atoms with Gasteiger partial charge in [0.15, 0.2) is 14.0 Å². The third-order valence-electron chi connectivity index (χ3n) is 2.47. The van der Waals surface area contributed by atoms with E-state index >= 15 is 0 Å². The van der Waals surface area contributed by atoms with Crippen LogP contribution >= 0.6 is 34.8 Å². The Kier molecular flexibility index (Phi) is 4.37. The molecule has 0 radical (unpaired) electrons. The second-order valence-electron chi connectivity index (χ2n) is 3.83. The lowest BCUT2D eigenvalue weighted by atomic mass is 10.1. The number of aliphatic hydroxyl groups excluding tert-OH is 1. The quantitative estimate of drug-likeness (QED) is 0.872. The molecule has 1 N–H and O–H groups in total. The van der Waals surface area contributed by atoms with Gasteiger partial charge in [-0.15, -0.1) is 0 Å². The Labute approximate surface area is 115 Å². The van der Waals surface area contributed by atoms with Crippen molar-refractivity contribution in [2.75, 3.05) is 6.26 Å². The summed E-state index contributed by atoms with van der Waals surface area (Å²) < 4.78 is 21.1. The fourth-order valence-electron chi connectivity index (χ4n) is 1.20. The predicted octanol–water partition coefficient (Wildman–Crippen LogP) is 3.03. The van der Waals surface area contributed by atoms with Crippen LogP contribution in [-0.2, 0) is 9.84 Å². The number of aliphatic hydroxyl groups is 1. The Morgan fingerprint density at radius 3 is 2.29 bits per heavy atom. The summed E-state index contributed by atoms with van der Waals surface area (Å²) in [6.45, 7) is 1.22. The molecule has 0 heterocycles. The van der Waals surface area contributed by atoms with Crippen LogP contribution in [0.4, 0.5) is 0 Å². The van der Waals surface area contributed by atoms with E-state index in [-0.39, 0.29) is 10.6 Å². The molecule has 0 aliphatic carbocycles. The first kappa shape index (κ1) is 15.1. The van der Waals surface area contributed by atoms with Gasteiger partial charge in [0.05, 0.1) is 0 Å². The molecule has 7 heteroatoms. The van der Waals surface area contributed by atoms with Crippen LogP contribution in [0.2, 0.25) is 10.0 Å². The van der Waals surface area contributed by atoms with Gasteiger partial charge in [0, 0.05) is 21.9 Å². The van der Waals surface area contributed by atoms with Crippen LogP contribution in [0, 0.1) is 0 Å². The molecule has 0 aliphatic heterocycles. The lowest BCUT2D eigenvalue weighted by Gasteiger charge is -2.27. The average Bonchev–Trinajstić information content (AvgIpc) is 2.14. The Morgan fingerprint density at radius 2 is 1.88 bits per heavy atom. The number of hydrogen-bond acceptors (Lipinski definition) is 3. The molecule has 0 saturated carbocycles. The zero-order chi connectivity index (χ0) is 13.4. The van der Waals surface area contributed by atoms with Gasteiger partial charge in [-0.05, 0) is 19.1 Å². The fraction of sp³-hybridized carbons (Fsp3) is 0.400. The van der Waals surface area contributed by atoms with Crippen molar-refractivity contribution >= 4 is 44.6 Å². The molecule has 0 amide bonds. The van der Waals surface area contributed by atoms with Crippen LogP contribution in [0.1, 0.15) is 18.6 Å². The van der Waals surface area contributed by atoms with E-state index in [1.54, 1.807) is 0 Å². The number of sulfone groups is 1. The van der Waals surface area contributed by atoms with E-state index in [9.17, 15) is 13.5 Å². The van der Waals surface area contributed by atoms with Crippen LogP contribution in [0.5, 0.6) is 0 Å². The Bertz CT molecular complexity index is 526. The van der Waals surface area contributed by atoms with E-state index in [4.69, 9.17) is 34.8 Å². The molecule has 0 aliphatic rings. The monoisotopic (exact) mass is 316 g/mol. The maximum absolute atomic E-state index is 11.5. The smallest absolute Gasteiger partial charge is 0.172 e. The molecule has 1 rings (SSSR count). The van der Waals surface area contributed by atoms with Crippen LogP contribution in [0.3, 0.4) is 0 Å². The van der Waals surface area contributed by atoms with Gasteiger partial charge in [-0.1, -0.05) is 40.9 Å². The van der Waals surface area contributed by atoms with Crippen molar-refractivity contribution in [3.63, 3.8) is 0 Å². The van der Waals surface area contributed by atoms with E-state index < -0.39 is 20.1 Å². The normalized spacial score (nSPS) is 17.5. The third-order valence-corrected chi connectivity index (χ3v) is 5.75. The fourth-order valence-corrected chi connectivity index (χ4v) is 2.37. The molecule has 1 aromatic carbocycles. The Hall–Kier alpha value is -0.000000000000000111. The summed E-state index contributed by atoms with van der Waals surface area (Å²) in [6, 6.07) is 4.36. The number of rotatable bonds is 3. The van der Waals surface area contributed by atoms with Gasteiger partial charge >= 0.3 is 0 Å². The highest BCUT2D eigenvalue weighted by Crippen LogP contribution is 2.39. The molecule has 0 fully saturated rings. The van der Waals surface area contributed by atoms with Crippen LogP contribution in [0.15, 0.2) is 18.2 Å². The molecule has 0 saturated heterocycles. The van der Waals surface area contributed by atoms with Gasteiger partial charge < -0.3 is 5.11 Å². The van der Waals surface area contributed by atoms with Gasteiger partial charge in [0.25, 0.3) is 0 Å². The van der Waals surface area contributed by atoms with E-state index in [2.05, 4.69) is 0 Å². The lowest BCUT2D eigenvalue weighted by molar-refractivity contribution is 0.163. The number of hydrogen-bond donors (Lipinski definition) is 1. The first-order valence-corrected chi connectivity index (χ1v) is 7.61. The highest BCUT2D eigenvalue weighted by atomic mass is 35.5. The van der Waals surface area contributed by atoms with Gasteiger partial charge in [-0.2, -0.15) is 0 Å². The van der Waals surface area contributed by atoms with E-state index in [0.29, 0.717) is 5.02 Å². The van der Waals surface area contributed by atoms with Gasteiger partial charge in [-0.25, -0.2) is 8.42 Å². The summed E-state index contributed by atoms with van der Waals surface area (Å²) >= 11 is 17.5. The summed E-state index contributed by atoms with van der Waals surface area (Å²) in [5.41, 5.74) is 0.221. The molecule has 2 atom stereocenters. The summed E-state index contributed by atoms with van der Waals surface area (Å²) in [7, 11) is -3.65. The molecule has 0 aromatic heterocycles. The third kappa shape index (κ3) is 3.06. The van der Waals surface area contributed by atoms with Crippen LogP contribution in [0.25, 0.3) is 0 Å². The molecule has 17 heavy (non-hydrogen) atoms. The zero-order valence-electron chi connectivity index (χ0n) is 9.12. The molecular formula is C10H11Cl3O3S. The predicted molar refractivity (Wildman–Crippen MR) is 70.5 cm³/mol. The van der Waals surface area contributed by atoms with Gasteiger partial charge in [0.2, 0.25) is 0 Å². The van der Waals surface area contributed by atoms with Crippen molar-refractivity contribution in [2.45, 2.75) is 17.2 Å². The number of benzene rings is 1. The van der Waals surface area contributed by atoms with Crippen molar-refractivity contribution in [3.05, 3.63) is 33.8 Å². The van der Waals surface area contributed by atoms with Crippen molar-refractivity contribution in [2.24, 2.45) is 0 Å². The minimum atomic E-state index is -3.65. The second-order valence-corrected chi connectivity index (χ2v) is 8.07. The van der Waals surface area contributed by atoms with E-state index in [1.807, 2.05) is 0 Å². The summed E-state index contributed by atoms with van der Waals surface area (Å²) in [5, 5.41) is 10.6. The minimum absolute atomic E-state index is 0.167. The highest BCUT2D eigenvalue weighted by Gasteiger charge is 2.42. The van der Waals surface area contributed by atoms with Crippen LogP contribution < -0.4 is 0 Å². The topological polar surface area (TPSA) is 54.4 Å². The zero-order valence-corrected chi connectivity index (χ0v) is 12.2. The number of alkyl halides is 1. The van der Waals surface area contributed by atoms with Crippen molar-refractivity contribution in [3.8, 4) is 0 Å². The van der Waals surface area contributed by atoms with Crippen molar-refractivity contribution in [1.29, 1.82) is 0 Å². The lowest BCUT2D eigenvalue weighted by Crippen LogP contribution is -2.35. The molecule has 1 aromatic rings. The second kappa shape index (κ2) is 4.94. The molecule has 0 spiro atoms. The van der Waals surface area contributed by atoms with Crippen LogP contribution in [-0.4, -0.2) is 24.0 Å². The van der Waals surface area contributed by atoms with Gasteiger partial charge in [0.1, 0.15) is 6.10 Å². The summed E-state index contributed by atoms with van der Waals surface area (Å²) in [4.78, 5) is 0. The maximum atomic E-state index is 11.5. The standard InChI is InChI=1S/C10H11Cl3O3S/c1-10(13,17(2,15)16)9(14)7-4-3-6(11)5-8(7)12/h3-5,9,14H,1-2H3/t9-,10-/m1/s1. The largest absolute Gasteiger partial charge is 0.385 e. The van der Waals surface area contributed by atoms with E-state index in [1.165, 1.54) is 25.1 Å². The average molecular weight is 318 g/mol. The molecule has 96 valence electrons. The molecule has 0 bridgehead atoms. The van der Waals surface area contributed by atoms with Crippen molar-refractivity contribution in [1.82, 2.24) is 0 Å². The minimum Gasteiger partial charge on any atom is -0.385 e. The Morgan fingerprint density at radius 1 is 1.35 bits per heavy atom. The maximum Gasteiger partial charge on any atom is 0.172 e. The Balaban J connectivity index is 3.26. The SMILES string of the molecule is C[C@](Cl)([C@H](O)c1ccc(Cl)cc1Cl)S(C)(=O)=O. The van der Waals surface area contributed by atoms with Gasteiger partial charge in [-0.3, -0.25) is 0 Å². The number of halogens is 3. The summed E-state index contributed by atoms with van der Waals surface area (Å²) in [5.74, 6) is 0.